The molecular formula is C20H23ClN2O2. The molecule has 0 saturated carbocycles. The minimum absolute atomic E-state index is 0.0267. The van der Waals surface area contributed by atoms with E-state index in [1.54, 1.807) is 24.4 Å². The van der Waals surface area contributed by atoms with Crippen molar-refractivity contribution in [3.63, 3.8) is 0 Å². The Hall–Kier alpha value is -1.88. The summed E-state index contributed by atoms with van der Waals surface area (Å²) >= 11 is 6.02. The molecule has 0 spiro atoms. The third kappa shape index (κ3) is 4.60. The van der Waals surface area contributed by atoms with Gasteiger partial charge in [-0.3, -0.25) is 9.89 Å². The van der Waals surface area contributed by atoms with E-state index in [2.05, 4.69) is 36.1 Å². The first-order valence-corrected chi connectivity index (χ1v) is 8.91. The van der Waals surface area contributed by atoms with Crippen LogP contribution in [0.5, 0.6) is 5.75 Å². The highest BCUT2D eigenvalue weighted by Gasteiger charge is 2.27. The minimum Gasteiger partial charge on any atom is -0.507 e. The summed E-state index contributed by atoms with van der Waals surface area (Å²) in [5, 5.41) is 10.6. The molecule has 132 valence electrons. The standard InChI is InChI=1S/C20H23ClN2O2/c1-15(22-14-17-13-18(21)7-8-19(17)24)20(16-5-3-2-4-6-16)23-9-11-25-12-10-23/h2-8,13-15,20,24H,9-12H2,1H3/t15-,20-/m1/s1. The molecule has 2 aromatic carbocycles. The second-order valence-electron chi connectivity index (χ2n) is 6.23. The van der Waals surface area contributed by atoms with Crippen LogP contribution in [-0.2, 0) is 4.74 Å². The first-order valence-electron chi connectivity index (χ1n) is 8.53. The molecule has 1 N–H and O–H groups in total. The SMILES string of the molecule is C[C@@H](N=Cc1cc(Cl)ccc1O)[C@H](c1ccccc1)N1CCOCC1. The van der Waals surface area contributed by atoms with Crippen LogP contribution in [0.2, 0.25) is 5.02 Å². The van der Waals surface area contributed by atoms with E-state index in [0.717, 1.165) is 26.3 Å². The summed E-state index contributed by atoms with van der Waals surface area (Å²) in [5.74, 6) is 0.183. The number of hydrogen-bond donors (Lipinski definition) is 1. The van der Waals surface area contributed by atoms with Crippen molar-refractivity contribution >= 4 is 17.8 Å². The Morgan fingerprint density at radius 1 is 1.16 bits per heavy atom. The molecule has 0 unspecified atom stereocenters. The Bertz CT molecular complexity index is 715. The zero-order chi connectivity index (χ0) is 17.6. The van der Waals surface area contributed by atoms with E-state index in [-0.39, 0.29) is 17.8 Å². The van der Waals surface area contributed by atoms with Gasteiger partial charge in [-0.2, -0.15) is 0 Å². The second kappa shape index (κ2) is 8.48. The molecule has 5 heteroatoms. The lowest BCUT2D eigenvalue weighted by Gasteiger charge is -2.37. The summed E-state index contributed by atoms with van der Waals surface area (Å²) < 4.78 is 5.50. The second-order valence-corrected chi connectivity index (χ2v) is 6.66. The highest BCUT2D eigenvalue weighted by molar-refractivity contribution is 6.30. The normalized spacial score (nSPS) is 18.3. The van der Waals surface area contributed by atoms with Crippen molar-refractivity contribution in [2.45, 2.75) is 19.0 Å². The van der Waals surface area contributed by atoms with Gasteiger partial charge >= 0.3 is 0 Å². The van der Waals surface area contributed by atoms with Crippen LogP contribution >= 0.6 is 11.6 Å². The molecule has 2 aromatic rings. The molecule has 0 bridgehead atoms. The molecule has 1 aliphatic rings. The van der Waals surface area contributed by atoms with E-state index < -0.39 is 0 Å². The molecule has 0 aromatic heterocycles. The number of hydrogen-bond acceptors (Lipinski definition) is 4. The lowest BCUT2D eigenvalue weighted by molar-refractivity contribution is 0.0119. The van der Waals surface area contributed by atoms with Crippen LogP contribution in [0.4, 0.5) is 0 Å². The Balaban J connectivity index is 1.84. The van der Waals surface area contributed by atoms with Crippen molar-refractivity contribution in [3.05, 3.63) is 64.7 Å². The summed E-state index contributed by atoms with van der Waals surface area (Å²) in [6.07, 6.45) is 1.71. The number of phenolic OH excluding ortho intramolecular Hbond substituents is 1. The summed E-state index contributed by atoms with van der Waals surface area (Å²) in [6.45, 7) is 5.37. The van der Waals surface area contributed by atoms with Crippen molar-refractivity contribution in [1.29, 1.82) is 0 Å². The molecule has 1 aliphatic heterocycles. The third-order valence-corrected chi connectivity index (χ3v) is 4.71. The average molecular weight is 359 g/mol. The van der Waals surface area contributed by atoms with Crippen LogP contribution in [0.15, 0.2) is 53.5 Å². The van der Waals surface area contributed by atoms with Gasteiger partial charge in [-0.1, -0.05) is 41.9 Å². The maximum atomic E-state index is 9.98. The quantitative estimate of drug-likeness (QED) is 0.824. The molecule has 1 saturated heterocycles. The molecule has 1 heterocycles. The van der Waals surface area contributed by atoms with Gasteiger partial charge in [0.15, 0.2) is 0 Å². The van der Waals surface area contributed by atoms with Crippen molar-refractivity contribution in [2.24, 2.45) is 4.99 Å². The summed E-state index contributed by atoms with van der Waals surface area (Å²) in [4.78, 5) is 7.14. The summed E-state index contributed by atoms with van der Waals surface area (Å²) in [7, 11) is 0. The maximum Gasteiger partial charge on any atom is 0.124 e. The van der Waals surface area contributed by atoms with Crippen LogP contribution in [0.25, 0.3) is 0 Å². The smallest absolute Gasteiger partial charge is 0.124 e. The number of phenols is 1. The molecule has 1 fully saturated rings. The van der Waals surface area contributed by atoms with Crippen LogP contribution in [0, 0.1) is 0 Å². The number of nitrogens with zero attached hydrogens (tertiary/aromatic N) is 2. The van der Waals surface area contributed by atoms with Crippen LogP contribution in [0.3, 0.4) is 0 Å². The number of rotatable bonds is 5. The van der Waals surface area contributed by atoms with Crippen molar-refractivity contribution in [1.82, 2.24) is 4.90 Å². The van der Waals surface area contributed by atoms with E-state index in [9.17, 15) is 5.11 Å². The highest BCUT2D eigenvalue weighted by Crippen LogP contribution is 2.28. The Morgan fingerprint density at radius 3 is 2.60 bits per heavy atom. The summed E-state index contributed by atoms with van der Waals surface area (Å²) in [6, 6.07) is 15.6. The highest BCUT2D eigenvalue weighted by atomic mass is 35.5. The maximum absolute atomic E-state index is 9.98. The van der Waals surface area contributed by atoms with Gasteiger partial charge in [-0.05, 0) is 30.7 Å². The number of aromatic hydroxyl groups is 1. The van der Waals surface area contributed by atoms with Gasteiger partial charge in [-0.15, -0.1) is 0 Å². The third-order valence-electron chi connectivity index (χ3n) is 4.48. The Labute approximate surface area is 153 Å². The molecule has 0 aliphatic carbocycles. The minimum atomic E-state index is 0.0267. The molecule has 0 amide bonds. The topological polar surface area (TPSA) is 45.1 Å². The van der Waals surface area contributed by atoms with Gasteiger partial charge in [0.05, 0.1) is 25.3 Å². The molecule has 3 rings (SSSR count). The van der Waals surface area contributed by atoms with E-state index >= 15 is 0 Å². The van der Waals surface area contributed by atoms with Crippen molar-refractivity contribution in [2.75, 3.05) is 26.3 Å². The predicted octanol–water partition coefficient (Wildman–Crippen LogP) is 3.93. The monoisotopic (exact) mass is 358 g/mol. The van der Waals surface area contributed by atoms with E-state index in [1.807, 2.05) is 6.07 Å². The lowest BCUT2D eigenvalue weighted by Crippen LogP contribution is -2.42. The Kier molecular flexibility index (Phi) is 6.08. The van der Waals surface area contributed by atoms with Gasteiger partial charge in [0, 0.05) is 29.9 Å². The van der Waals surface area contributed by atoms with E-state index in [1.165, 1.54) is 5.56 Å². The average Bonchev–Trinajstić information content (AvgIpc) is 2.64. The molecule has 4 nitrogen and oxygen atoms in total. The molecule has 25 heavy (non-hydrogen) atoms. The predicted molar refractivity (Wildman–Crippen MR) is 102 cm³/mol. The van der Waals surface area contributed by atoms with Crippen LogP contribution in [0.1, 0.15) is 24.1 Å². The first kappa shape index (κ1) is 17.9. The van der Waals surface area contributed by atoms with E-state index in [0.29, 0.717) is 10.6 Å². The van der Waals surface area contributed by atoms with Crippen LogP contribution in [-0.4, -0.2) is 48.6 Å². The largest absolute Gasteiger partial charge is 0.507 e. The number of ether oxygens (including phenoxy) is 1. The number of aliphatic imine (C=N–C) groups is 1. The fraction of sp³-hybridized carbons (Fsp3) is 0.350. The lowest BCUT2D eigenvalue weighted by atomic mass is 9.98. The van der Waals surface area contributed by atoms with Crippen molar-refractivity contribution in [3.8, 4) is 5.75 Å². The fourth-order valence-corrected chi connectivity index (χ4v) is 3.39. The zero-order valence-electron chi connectivity index (χ0n) is 14.3. The number of halogens is 1. The number of benzene rings is 2. The molecule has 2 atom stereocenters. The zero-order valence-corrected chi connectivity index (χ0v) is 15.1. The Morgan fingerprint density at radius 2 is 1.88 bits per heavy atom. The van der Waals surface area contributed by atoms with Gasteiger partial charge in [0.2, 0.25) is 0 Å². The number of morpholine rings is 1. The molecule has 0 radical (unpaired) electrons. The van der Waals surface area contributed by atoms with Gasteiger partial charge in [0.1, 0.15) is 5.75 Å². The van der Waals surface area contributed by atoms with Crippen molar-refractivity contribution < 1.29 is 9.84 Å². The summed E-state index contributed by atoms with van der Waals surface area (Å²) in [5.41, 5.74) is 1.87. The van der Waals surface area contributed by atoms with Gasteiger partial charge < -0.3 is 9.84 Å². The first-order chi connectivity index (χ1) is 12.1. The van der Waals surface area contributed by atoms with Crippen LogP contribution < -0.4 is 0 Å². The van der Waals surface area contributed by atoms with Gasteiger partial charge in [-0.25, -0.2) is 0 Å². The fourth-order valence-electron chi connectivity index (χ4n) is 3.21. The molecular weight excluding hydrogens is 336 g/mol. The van der Waals surface area contributed by atoms with Gasteiger partial charge in [0.25, 0.3) is 0 Å². The van der Waals surface area contributed by atoms with E-state index in [4.69, 9.17) is 21.3 Å².